The zero-order chi connectivity index (χ0) is 10.0. The van der Waals surface area contributed by atoms with Gasteiger partial charge in [0.15, 0.2) is 0 Å². The van der Waals surface area contributed by atoms with E-state index in [0.29, 0.717) is 4.47 Å². The number of alkyl halides is 2. The van der Waals surface area contributed by atoms with Crippen LogP contribution in [0.5, 0.6) is 0 Å². The summed E-state index contributed by atoms with van der Waals surface area (Å²) in [5.41, 5.74) is 4.46. The topological polar surface area (TPSA) is 62.7 Å². The molecule has 0 bridgehead atoms. The Hall–Kier alpha value is -1.22. The minimum absolute atomic E-state index is 0.00898. The van der Waals surface area contributed by atoms with Crippen molar-refractivity contribution in [1.82, 2.24) is 4.98 Å². The number of anilines is 1. The molecule has 0 aliphatic heterocycles. The van der Waals surface area contributed by atoms with Crippen molar-refractivity contribution in [3.05, 3.63) is 21.9 Å². The van der Waals surface area contributed by atoms with E-state index in [1.54, 1.807) is 6.07 Å². The first-order chi connectivity index (χ1) is 6.07. The Labute approximate surface area is 81.3 Å². The molecule has 0 aliphatic carbocycles. The molecule has 0 aromatic carbocycles. The zero-order valence-corrected chi connectivity index (χ0v) is 7.85. The van der Waals surface area contributed by atoms with E-state index < -0.39 is 12.1 Å². The molecule has 0 radical (unpaired) electrons. The van der Waals surface area contributed by atoms with Crippen LogP contribution >= 0.6 is 15.9 Å². The number of nitrogens with two attached hydrogens (primary N) is 1. The number of nitriles is 1. The standard InChI is InChI=1S/C7H4BrF2N3/c8-4-2-13-6(7(9)10)5(12)3(4)1-11/h2,7H,12H2. The summed E-state index contributed by atoms with van der Waals surface area (Å²) in [6.07, 6.45) is -1.63. The highest BCUT2D eigenvalue weighted by Gasteiger charge is 2.17. The van der Waals surface area contributed by atoms with Crippen molar-refractivity contribution in [3.8, 4) is 6.07 Å². The van der Waals surface area contributed by atoms with Crippen LogP contribution in [-0.2, 0) is 0 Å². The smallest absolute Gasteiger partial charge is 0.282 e. The molecule has 1 aromatic rings. The third-order valence-corrected chi connectivity index (χ3v) is 2.02. The summed E-state index contributed by atoms with van der Waals surface area (Å²) in [5.74, 6) is 0. The van der Waals surface area contributed by atoms with Crippen LogP contribution < -0.4 is 5.73 Å². The van der Waals surface area contributed by atoms with Crippen molar-refractivity contribution in [3.63, 3.8) is 0 Å². The van der Waals surface area contributed by atoms with Crippen LogP contribution in [0.15, 0.2) is 10.7 Å². The van der Waals surface area contributed by atoms with Crippen LogP contribution in [0.1, 0.15) is 17.7 Å². The fourth-order valence-corrected chi connectivity index (χ4v) is 1.21. The molecule has 2 N–H and O–H groups in total. The first kappa shape index (κ1) is 9.86. The fourth-order valence-electron chi connectivity index (χ4n) is 0.805. The SMILES string of the molecule is N#Cc1c(Br)cnc(C(F)F)c1N. The second-order valence-corrected chi connectivity index (χ2v) is 3.05. The molecular formula is C7H4BrF2N3. The first-order valence-electron chi connectivity index (χ1n) is 3.20. The van der Waals surface area contributed by atoms with E-state index in [1.807, 2.05) is 0 Å². The van der Waals surface area contributed by atoms with Crippen LogP contribution in [0.4, 0.5) is 14.5 Å². The van der Waals surface area contributed by atoms with Gasteiger partial charge in [-0.2, -0.15) is 5.26 Å². The highest BCUT2D eigenvalue weighted by atomic mass is 79.9. The van der Waals surface area contributed by atoms with E-state index in [2.05, 4.69) is 20.9 Å². The molecule has 13 heavy (non-hydrogen) atoms. The van der Waals surface area contributed by atoms with Gasteiger partial charge in [-0.15, -0.1) is 0 Å². The van der Waals surface area contributed by atoms with Crippen LogP contribution in [-0.4, -0.2) is 4.98 Å². The summed E-state index contributed by atoms with van der Waals surface area (Å²) >= 11 is 2.98. The average Bonchev–Trinajstić information content (AvgIpc) is 2.04. The van der Waals surface area contributed by atoms with Crippen LogP contribution in [0.25, 0.3) is 0 Å². The fraction of sp³-hybridized carbons (Fsp3) is 0.143. The van der Waals surface area contributed by atoms with Crippen LogP contribution in [0.2, 0.25) is 0 Å². The Morgan fingerprint density at radius 3 is 2.69 bits per heavy atom. The van der Waals surface area contributed by atoms with Crippen LogP contribution in [0, 0.1) is 11.3 Å². The predicted octanol–water partition coefficient (Wildman–Crippen LogP) is 2.24. The van der Waals surface area contributed by atoms with Gasteiger partial charge in [0.1, 0.15) is 11.8 Å². The number of aromatic nitrogens is 1. The lowest BCUT2D eigenvalue weighted by Gasteiger charge is -2.05. The summed E-state index contributed by atoms with van der Waals surface area (Å²) in [5, 5.41) is 8.57. The second-order valence-electron chi connectivity index (χ2n) is 2.19. The predicted molar refractivity (Wildman–Crippen MR) is 46.0 cm³/mol. The number of halogens is 3. The van der Waals surface area contributed by atoms with E-state index in [9.17, 15) is 8.78 Å². The van der Waals surface area contributed by atoms with Gasteiger partial charge in [-0.25, -0.2) is 8.78 Å². The van der Waals surface area contributed by atoms with Gasteiger partial charge in [-0.3, -0.25) is 4.98 Å². The van der Waals surface area contributed by atoms with Gasteiger partial charge >= 0.3 is 0 Å². The van der Waals surface area contributed by atoms with E-state index in [-0.39, 0.29) is 11.3 Å². The molecule has 1 heterocycles. The normalized spacial score (nSPS) is 10.1. The third kappa shape index (κ3) is 1.75. The maximum Gasteiger partial charge on any atom is 0.282 e. The van der Waals surface area contributed by atoms with Gasteiger partial charge < -0.3 is 5.73 Å². The lowest BCUT2D eigenvalue weighted by atomic mass is 10.2. The van der Waals surface area contributed by atoms with E-state index in [1.165, 1.54) is 0 Å². The monoisotopic (exact) mass is 247 g/mol. The van der Waals surface area contributed by atoms with Gasteiger partial charge in [0.05, 0.1) is 15.7 Å². The highest BCUT2D eigenvalue weighted by molar-refractivity contribution is 9.10. The lowest BCUT2D eigenvalue weighted by molar-refractivity contribution is 0.147. The van der Waals surface area contributed by atoms with E-state index >= 15 is 0 Å². The number of hydrogen-bond donors (Lipinski definition) is 1. The Morgan fingerprint density at radius 1 is 1.62 bits per heavy atom. The minimum Gasteiger partial charge on any atom is -0.396 e. The Balaban J connectivity index is 3.38. The summed E-state index contributed by atoms with van der Waals surface area (Å²) < 4.78 is 24.7. The molecule has 0 fully saturated rings. The molecule has 0 saturated carbocycles. The summed E-state index contributed by atoms with van der Waals surface area (Å²) in [6.45, 7) is 0. The van der Waals surface area contributed by atoms with Crippen LogP contribution in [0.3, 0.4) is 0 Å². The molecule has 0 atom stereocenters. The molecule has 0 saturated heterocycles. The van der Waals surface area contributed by atoms with Crippen molar-refractivity contribution in [2.75, 3.05) is 5.73 Å². The van der Waals surface area contributed by atoms with Gasteiger partial charge in [-0.05, 0) is 15.9 Å². The second kappa shape index (κ2) is 3.66. The highest BCUT2D eigenvalue weighted by Crippen LogP contribution is 2.29. The molecule has 0 amide bonds. The minimum atomic E-state index is -2.76. The molecule has 6 heteroatoms. The number of hydrogen-bond acceptors (Lipinski definition) is 3. The van der Waals surface area contributed by atoms with Gasteiger partial charge in [0.2, 0.25) is 0 Å². The number of rotatable bonds is 1. The molecule has 3 nitrogen and oxygen atoms in total. The van der Waals surface area contributed by atoms with Crippen molar-refractivity contribution in [2.24, 2.45) is 0 Å². The maximum absolute atomic E-state index is 12.2. The third-order valence-electron chi connectivity index (χ3n) is 1.42. The number of pyridine rings is 1. The molecule has 68 valence electrons. The van der Waals surface area contributed by atoms with Crippen molar-refractivity contribution < 1.29 is 8.78 Å². The lowest BCUT2D eigenvalue weighted by Crippen LogP contribution is -2.01. The molecule has 0 spiro atoms. The van der Waals surface area contributed by atoms with E-state index in [0.717, 1.165) is 6.20 Å². The largest absolute Gasteiger partial charge is 0.396 e. The first-order valence-corrected chi connectivity index (χ1v) is 3.99. The van der Waals surface area contributed by atoms with E-state index in [4.69, 9.17) is 11.0 Å². The Morgan fingerprint density at radius 2 is 2.23 bits per heavy atom. The van der Waals surface area contributed by atoms with Crippen molar-refractivity contribution in [2.45, 2.75) is 6.43 Å². The summed E-state index contributed by atoms with van der Waals surface area (Å²) in [6, 6.07) is 1.71. The van der Waals surface area contributed by atoms with Gasteiger partial charge in [0, 0.05) is 6.20 Å². The van der Waals surface area contributed by atoms with Crippen molar-refractivity contribution >= 4 is 21.6 Å². The maximum atomic E-state index is 12.2. The van der Waals surface area contributed by atoms with Gasteiger partial charge in [0.25, 0.3) is 6.43 Å². The molecule has 1 rings (SSSR count). The summed E-state index contributed by atoms with van der Waals surface area (Å²) in [7, 11) is 0. The quantitative estimate of drug-likeness (QED) is 0.828. The Bertz CT molecular complexity index is 373. The molecular weight excluding hydrogens is 244 g/mol. The number of nitrogen functional groups attached to an aromatic ring is 1. The van der Waals surface area contributed by atoms with Crippen molar-refractivity contribution in [1.29, 1.82) is 5.26 Å². The number of nitrogens with zero attached hydrogens (tertiary/aromatic N) is 2. The molecule has 0 unspecified atom stereocenters. The Kier molecular flexibility index (Phi) is 2.78. The zero-order valence-electron chi connectivity index (χ0n) is 6.26. The molecule has 1 aromatic heterocycles. The average molecular weight is 248 g/mol. The summed E-state index contributed by atoms with van der Waals surface area (Å²) in [4.78, 5) is 3.41. The molecule has 0 aliphatic rings. The van der Waals surface area contributed by atoms with Gasteiger partial charge in [-0.1, -0.05) is 0 Å².